The molecule has 1 unspecified atom stereocenters. The van der Waals surface area contributed by atoms with E-state index in [1.54, 1.807) is 0 Å². The van der Waals surface area contributed by atoms with Gasteiger partial charge in [-0.2, -0.15) is 0 Å². The van der Waals surface area contributed by atoms with E-state index in [4.69, 9.17) is 5.11 Å². The van der Waals surface area contributed by atoms with E-state index in [0.717, 1.165) is 42.4 Å². The Morgan fingerprint density at radius 3 is 3.05 bits per heavy atom. The first kappa shape index (κ1) is 14.5. The number of halogens is 1. The fourth-order valence-corrected chi connectivity index (χ4v) is 3.09. The van der Waals surface area contributed by atoms with Crippen LogP contribution in [0.3, 0.4) is 0 Å². The molecule has 1 N–H and O–H groups in total. The van der Waals surface area contributed by atoms with Gasteiger partial charge in [0.15, 0.2) is 0 Å². The number of benzene rings is 1. The van der Waals surface area contributed by atoms with Crippen molar-refractivity contribution in [2.45, 2.75) is 25.7 Å². The maximum absolute atomic E-state index is 12.3. The molecular weight excluding hydrogens is 306 g/mol. The molecule has 3 nitrogen and oxygen atoms in total. The first-order valence-corrected chi connectivity index (χ1v) is 7.61. The number of hydrogen-bond donors (Lipinski definition) is 1. The monoisotopic (exact) mass is 325 g/mol. The Morgan fingerprint density at radius 1 is 1.47 bits per heavy atom. The van der Waals surface area contributed by atoms with Crippen molar-refractivity contribution in [1.82, 2.24) is 4.90 Å². The van der Waals surface area contributed by atoms with Gasteiger partial charge in [0.05, 0.1) is 6.42 Å². The molecule has 1 fully saturated rings. The summed E-state index contributed by atoms with van der Waals surface area (Å²) in [6, 6.07) is 7.90. The van der Waals surface area contributed by atoms with Gasteiger partial charge < -0.3 is 10.0 Å². The molecule has 2 rings (SSSR count). The fourth-order valence-electron chi connectivity index (χ4n) is 2.64. The molecule has 4 heteroatoms. The second-order valence-electron chi connectivity index (χ2n) is 5.17. The molecule has 0 saturated carbocycles. The van der Waals surface area contributed by atoms with E-state index in [1.807, 2.05) is 29.2 Å². The second-order valence-corrected chi connectivity index (χ2v) is 6.08. The normalized spacial score (nSPS) is 19.5. The van der Waals surface area contributed by atoms with E-state index in [-0.39, 0.29) is 12.5 Å². The first-order chi connectivity index (χ1) is 9.19. The topological polar surface area (TPSA) is 40.5 Å². The summed E-state index contributed by atoms with van der Waals surface area (Å²) >= 11 is 3.43. The Kier molecular flexibility index (Phi) is 5.40. The lowest BCUT2D eigenvalue weighted by molar-refractivity contribution is -0.132. The van der Waals surface area contributed by atoms with Gasteiger partial charge in [0.2, 0.25) is 5.91 Å². The van der Waals surface area contributed by atoms with Gasteiger partial charge in [-0.3, -0.25) is 4.79 Å². The quantitative estimate of drug-likeness (QED) is 0.924. The van der Waals surface area contributed by atoms with Crippen LogP contribution in [0.4, 0.5) is 0 Å². The molecule has 0 spiro atoms. The van der Waals surface area contributed by atoms with Crippen molar-refractivity contribution in [3.8, 4) is 0 Å². The standard InChI is InChI=1S/C15H20BrNO2/c16-14-5-1-3-13(9-14)10-15(19)17-7-2-4-12(11-17)6-8-18/h1,3,5,9,12,18H,2,4,6-8,10-11H2. The lowest BCUT2D eigenvalue weighted by Crippen LogP contribution is -2.40. The smallest absolute Gasteiger partial charge is 0.226 e. The number of carbonyl (C=O) groups excluding carboxylic acids is 1. The van der Waals surface area contributed by atoms with Gasteiger partial charge >= 0.3 is 0 Å². The zero-order valence-corrected chi connectivity index (χ0v) is 12.6. The maximum atomic E-state index is 12.3. The number of amides is 1. The van der Waals surface area contributed by atoms with Crippen molar-refractivity contribution < 1.29 is 9.90 Å². The van der Waals surface area contributed by atoms with E-state index < -0.39 is 0 Å². The van der Waals surface area contributed by atoms with Crippen LogP contribution in [0.1, 0.15) is 24.8 Å². The molecule has 1 aromatic rings. The van der Waals surface area contributed by atoms with E-state index >= 15 is 0 Å². The van der Waals surface area contributed by atoms with Crippen LogP contribution in [-0.2, 0) is 11.2 Å². The summed E-state index contributed by atoms with van der Waals surface area (Å²) in [4.78, 5) is 14.2. The second kappa shape index (κ2) is 7.06. The number of nitrogens with zero attached hydrogens (tertiary/aromatic N) is 1. The van der Waals surface area contributed by atoms with Crippen molar-refractivity contribution in [3.63, 3.8) is 0 Å². The van der Waals surface area contributed by atoms with Gasteiger partial charge in [0.25, 0.3) is 0 Å². The lowest BCUT2D eigenvalue weighted by atomic mass is 9.95. The Bertz CT molecular complexity index is 434. The van der Waals surface area contributed by atoms with Gasteiger partial charge in [-0.05, 0) is 42.9 Å². The predicted molar refractivity (Wildman–Crippen MR) is 78.9 cm³/mol. The van der Waals surface area contributed by atoms with E-state index in [0.29, 0.717) is 12.3 Å². The first-order valence-electron chi connectivity index (χ1n) is 6.82. The summed E-state index contributed by atoms with van der Waals surface area (Å²) in [5.41, 5.74) is 1.05. The number of aliphatic hydroxyl groups excluding tert-OH is 1. The molecule has 0 aromatic heterocycles. The molecule has 1 aliphatic heterocycles. The van der Waals surface area contributed by atoms with Crippen LogP contribution in [0.25, 0.3) is 0 Å². The average molecular weight is 326 g/mol. The van der Waals surface area contributed by atoms with Gasteiger partial charge in [-0.15, -0.1) is 0 Å². The largest absolute Gasteiger partial charge is 0.396 e. The lowest BCUT2D eigenvalue weighted by Gasteiger charge is -2.32. The summed E-state index contributed by atoms with van der Waals surface area (Å²) in [7, 11) is 0. The Hall–Kier alpha value is -0.870. The predicted octanol–water partition coefficient (Wildman–Crippen LogP) is 2.61. The van der Waals surface area contributed by atoms with Crippen molar-refractivity contribution in [2.75, 3.05) is 19.7 Å². The SMILES string of the molecule is O=C(Cc1cccc(Br)c1)N1CCCC(CCO)C1. The van der Waals surface area contributed by atoms with E-state index in [9.17, 15) is 4.79 Å². The summed E-state index contributed by atoms with van der Waals surface area (Å²) in [6.07, 6.45) is 3.45. The molecule has 0 aliphatic carbocycles. The Labute approximate surface area is 122 Å². The van der Waals surface area contributed by atoms with Gasteiger partial charge in [-0.25, -0.2) is 0 Å². The molecule has 19 heavy (non-hydrogen) atoms. The number of carbonyl (C=O) groups is 1. The number of likely N-dealkylation sites (tertiary alicyclic amines) is 1. The summed E-state index contributed by atoms with van der Waals surface area (Å²) in [6.45, 7) is 1.88. The highest BCUT2D eigenvalue weighted by Gasteiger charge is 2.23. The molecule has 0 bridgehead atoms. The molecule has 0 radical (unpaired) electrons. The van der Waals surface area contributed by atoms with Crippen LogP contribution < -0.4 is 0 Å². The molecule has 1 aliphatic rings. The van der Waals surface area contributed by atoms with Crippen LogP contribution in [0.2, 0.25) is 0 Å². The van der Waals surface area contributed by atoms with Crippen LogP contribution in [0.5, 0.6) is 0 Å². The summed E-state index contributed by atoms with van der Waals surface area (Å²) < 4.78 is 1.01. The Balaban J connectivity index is 1.92. The van der Waals surface area contributed by atoms with Crippen molar-refractivity contribution >= 4 is 21.8 Å². The number of piperidine rings is 1. The van der Waals surface area contributed by atoms with Gasteiger partial charge in [-0.1, -0.05) is 28.1 Å². The zero-order chi connectivity index (χ0) is 13.7. The third kappa shape index (κ3) is 4.32. The number of aliphatic hydroxyl groups is 1. The maximum Gasteiger partial charge on any atom is 0.226 e. The van der Waals surface area contributed by atoms with E-state index in [1.165, 1.54) is 0 Å². The molecule has 1 atom stereocenters. The third-order valence-corrected chi connectivity index (χ3v) is 4.15. The van der Waals surface area contributed by atoms with Crippen LogP contribution >= 0.6 is 15.9 Å². The van der Waals surface area contributed by atoms with Crippen molar-refractivity contribution in [3.05, 3.63) is 34.3 Å². The number of rotatable bonds is 4. The molecule has 1 amide bonds. The fraction of sp³-hybridized carbons (Fsp3) is 0.533. The van der Waals surface area contributed by atoms with Crippen molar-refractivity contribution in [2.24, 2.45) is 5.92 Å². The van der Waals surface area contributed by atoms with Crippen LogP contribution in [0.15, 0.2) is 28.7 Å². The average Bonchev–Trinajstić information content (AvgIpc) is 2.39. The van der Waals surface area contributed by atoms with Crippen LogP contribution in [0, 0.1) is 5.92 Å². The summed E-state index contributed by atoms with van der Waals surface area (Å²) in [5, 5.41) is 9.00. The third-order valence-electron chi connectivity index (χ3n) is 3.65. The molecule has 1 heterocycles. The number of hydrogen-bond acceptors (Lipinski definition) is 2. The Morgan fingerprint density at radius 2 is 2.32 bits per heavy atom. The van der Waals surface area contributed by atoms with Gasteiger partial charge in [0, 0.05) is 24.2 Å². The zero-order valence-electron chi connectivity index (χ0n) is 11.0. The highest BCUT2D eigenvalue weighted by Crippen LogP contribution is 2.20. The minimum Gasteiger partial charge on any atom is -0.396 e. The highest BCUT2D eigenvalue weighted by molar-refractivity contribution is 9.10. The highest BCUT2D eigenvalue weighted by atomic mass is 79.9. The van der Waals surface area contributed by atoms with Crippen LogP contribution in [-0.4, -0.2) is 35.6 Å². The van der Waals surface area contributed by atoms with Crippen molar-refractivity contribution in [1.29, 1.82) is 0 Å². The summed E-state index contributed by atoms with van der Waals surface area (Å²) in [5.74, 6) is 0.658. The molecule has 104 valence electrons. The van der Waals surface area contributed by atoms with Gasteiger partial charge in [0.1, 0.15) is 0 Å². The van der Waals surface area contributed by atoms with E-state index in [2.05, 4.69) is 15.9 Å². The molecule has 1 aromatic carbocycles. The molecular formula is C15H20BrNO2. The molecule has 1 saturated heterocycles. The minimum atomic E-state index is 0.195. The minimum absolute atomic E-state index is 0.195.